The maximum absolute atomic E-state index is 12.8. The molecule has 2 aromatic rings. The van der Waals surface area contributed by atoms with Crippen LogP contribution in [0.3, 0.4) is 0 Å². The molecule has 0 radical (unpaired) electrons. The van der Waals surface area contributed by atoms with Crippen molar-refractivity contribution in [2.45, 2.75) is 23.8 Å². The van der Waals surface area contributed by atoms with E-state index in [9.17, 15) is 8.42 Å². The van der Waals surface area contributed by atoms with E-state index in [4.69, 9.17) is 0 Å². The van der Waals surface area contributed by atoms with Crippen LogP contribution in [0.5, 0.6) is 0 Å². The molecule has 4 heteroatoms. The van der Waals surface area contributed by atoms with Gasteiger partial charge in [0, 0.05) is 12.5 Å². The van der Waals surface area contributed by atoms with Crippen molar-refractivity contribution >= 4 is 10.0 Å². The van der Waals surface area contributed by atoms with Crippen LogP contribution in [-0.4, -0.2) is 25.3 Å². The van der Waals surface area contributed by atoms with E-state index in [1.54, 1.807) is 18.2 Å². The second kappa shape index (κ2) is 5.71. The summed E-state index contributed by atoms with van der Waals surface area (Å²) in [4.78, 5) is 0.344. The van der Waals surface area contributed by atoms with E-state index in [0.29, 0.717) is 11.4 Å². The molecule has 0 saturated carbocycles. The molecule has 22 heavy (non-hydrogen) atoms. The van der Waals surface area contributed by atoms with Crippen LogP contribution in [-0.2, 0) is 10.0 Å². The van der Waals surface area contributed by atoms with E-state index in [1.807, 2.05) is 49.4 Å². The average molecular weight is 313 g/mol. The lowest BCUT2D eigenvalue weighted by molar-refractivity contribution is 0.200. The Hall–Kier alpha value is -1.91. The first-order valence-electron chi connectivity index (χ1n) is 7.30. The topological polar surface area (TPSA) is 37.4 Å². The molecule has 114 valence electrons. The zero-order chi connectivity index (χ0) is 15.7. The van der Waals surface area contributed by atoms with Gasteiger partial charge in [-0.2, -0.15) is 4.31 Å². The Morgan fingerprint density at radius 1 is 1.09 bits per heavy atom. The molecular formula is C18H19NO2S. The van der Waals surface area contributed by atoms with Crippen LogP contribution < -0.4 is 0 Å². The van der Waals surface area contributed by atoms with Crippen LogP contribution in [0.25, 0.3) is 0 Å². The lowest BCUT2D eigenvalue weighted by Crippen LogP contribution is -2.55. The summed E-state index contributed by atoms with van der Waals surface area (Å²) in [5, 5.41) is 0. The maximum Gasteiger partial charge on any atom is 0.243 e. The third-order valence-electron chi connectivity index (χ3n) is 4.22. The molecule has 0 spiro atoms. The van der Waals surface area contributed by atoms with Gasteiger partial charge in [-0.15, -0.1) is 6.58 Å². The van der Waals surface area contributed by atoms with Crippen molar-refractivity contribution in [2.75, 3.05) is 6.54 Å². The van der Waals surface area contributed by atoms with Gasteiger partial charge in [-0.3, -0.25) is 0 Å². The van der Waals surface area contributed by atoms with Crippen molar-refractivity contribution in [2.24, 2.45) is 0 Å². The van der Waals surface area contributed by atoms with E-state index < -0.39 is 10.0 Å². The molecule has 1 heterocycles. The molecule has 1 fully saturated rings. The van der Waals surface area contributed by atoms with E-state index in [2.05, 4.69) is 6.58 Å². The molecule has 2 aromatic carbocycles. The SMILES string of the molecule is C=C[C@@H]1[C@H](c2ccccc2)CN1S(=O)(=O)c1ccc(C)cc1. The molecule has 0 N–H and O–H groups in total. The first-order valence-corrected chi connectivity index (χ1v) is 8.74. The van der Waals surface area contributed by atoms with Crippen molar-refractivity contribution in [1.82, 2.24) is 4.31 Å². The minimum atomic E-state index is -3.46. The van der Waals surface area contributed by atoms with Gasteiger partial charge in [0.05, 0.1) is 10.9 Å². The Morgan fingerprint density at radius 2 is 1.73 bits per heavy atom. The minimum Gasteiger partial charge on any atom is -0.207 e. The standard InChI is InChI=1S/C18H19NO2S/c1-3-18-17(15-7-5-4-6-8-15)13-19(18)22(20,21)16-11-9-14(2)10-12-16/h3-12,17-18H,1,13H2,2H3/t17-,18+/m0/s1. The van der Waals surface area contributed by atoms with Gasteiger partial charge in [-0.1, -0.05) is 54.1 Å². The van der Waals surface area contributed by atoms with Crippen molar-refractivity contribution < 1.29 is 8.42 Å². The summed E-state index contributed by atoms with van der Waals surface area (Å²) in [6.07, 6.45) is 1.73. The predicted molar refractivity (Wildman–Crippen MR) is 88.2 cm³/mol. The average Bonchev–Trinajstić information content (AvgIpc) is 2.48. The second-order valence-corrected chi connectivity index (χ2v) is 7.52. The highest BCUT2D eigenvalue weighted by atomic mass is 32.2. The van der Waals surface area contributed by atoms with Crippen LogP contribution in [0.2, 0.25) is 0 Å². The van der Waals surface area contributed by atoms with Crippen LogP contribution >= 0.6 is 0 Å². The number of benzene rings is 2. The van der Waals surface area contributed by atoms with E-state index in [1.165, 1.54) is 4.31 Å². The highest BCUT2D eigenvalue weighted by Crippen LogP contribution is 2.38. The smallest absolute Gasteiger partial charge is 0.207 e. The number of rotatable bonds is 4. The van der Waals surface area contributed by atoms with Gasteiger partial charge >= 0.3 is 0 Å². The lowest BCUT2D eigenvalue weighted by atomic mass is 9.85. The first kappa shape index (κ1) is 15.0. The number of sulfonamides is 1. The number of aryl methyl sites for hydroxylation is 1. The Morgan fingerprint density at radius 3 is 2.32 bits per heavy atom. The normalized spacial score (nSPS) is 22.0. The van der Waals surface area contributed by atoms with Crippen LogP contribution in [0, 0.1) is 6.92 Å². The van der Waals surface area contributed by atoms with Gasteiger partial charge in [-0.05, 0) is 24.6 Å². The minimum absolute atomic E-state index is 0.180. The van der Waals surface area contributed by atoms with Crippen molar-refractivity contribution in [1.29, 1.82) is 0 Å². The molecule has 0 aliphatic carbocycles. The molecule has 0 aromatic heterocycles. The molecule has 2 atom stereocenters. The van der Waals surface area contributed by atoms with E-state index >= 15 is 0 Å². The Labute approximate surface area is 132 Å². The number of hydrogen-bond acceptors (Lipinski definition) is 2. The van der Waals surface area contributed by atoms with Gasteiger partial charge < -0.3 is 0 Å². The molecular weight excluding hydrogens is 294 g/mol. The van der Waals surface area contributed by atoms with Gasteiger partial charge in [0.25, 0.3) is 0 Å². The van der Waals surface area contributed by atoms with Crippen molar-refractivity contribution in [3.8, 4) is 0 Å². The number of hydrogen-bond donors (Lipinski definition) is 0. The van der Waals surface area contributed by atoms with Crippen LogP contribution in [0.15, 0.2) is 72.1 Å². The highest BCUT2D eigenvalue weighted by Gasteiger charge is 2.45. The van der Waals surface area contributed by atoms with Gasteiger partial charge in [0.2, 0.25) is 10.0 Å². The summed E-state index contributed by atoms with van der Waals surface area (Å²) >= 11 is 0. The highest BCUT2D eigenvalue weighted by molar-refractivity contribution is 7.89. The molecule has 3 nitrogen and oxygen atoms in total. The monoisotopic (exact) mass is 313 g/mol. The molecule has 0 unspecified atom stereocenters. The third-order valence-corrected chi connectivity index (χ3v) is 6.10. The van der Waals surface area contributed by atoms with Crippen LogP contribution in [0.4, 0.5) is 0 Å². The van der Waals surface area contributed by atoms with Crippen molar-refractivity contribution in [3.63, 3.8) is 0 Å². The lowest BCUT2D eigenvalue weighted by Gasteiger charge is -2.45. The van der Waals surface area contributed by atoms with E-state index in [0.717, 1.165) is 11.1 Å². The number of nitrogens with zero attached hydrogens (tertiary/aromatic N) is 1. The first-order chi connectivity index (χ1) is 10.5. The molecule has 1 saturated heterocycles. The molecule has 1 aliphatic heterocycles. The summed E-state index contributed by atoms with van der Waals surface area (Å²) in [6.45, 7) is 6.26. The Bertz CT molecular complexity index is 766. The Balaban J connectivity index is 1.87. The maximum atomic E-state index is 12.8. The van der Waals surface area contributed by atoms with E-state index in [-0.39, 0.29) is 12.0 Å². The summed E-state index contributed by atoms with van der Waals surface area (Å²) < 4.78 is 27.0. The summed E-state index contributed by atoms with van der Waals surface area (Å²) in [7, 11) is -3.46. The van der Waals surface area contributed by atoms with Crippen LogP contribution in [0.1, 0.15) is 17.0 Å². The summed E-state index contributed by atoms with van der Waals surface area (Å²) in [6, 6.07) is 16.8. The summed E-state index contributed by atoms with van der Waals surface area (Å²) in [5.41, 5.74) is 2.20. The second-order valence-electron chi connectivity index (χ2n) is 5.63. The summed E-state index contributed by atoms with van der Waals surface area (Å²) in [5.74, 6) is 0.180. The largest absolute Gasteiger partial charge is 0.243 e. The molecule has 1 aliphatic rings. The zero-order valence-corrected chi connectivity index (χ0v) is 13.3. The van der Waals surface area contributed by atoms with Gasteiger partial charge in [0.15, 0.2) is 0 Å². The fourth-order valence-corrected chi connectivity index (χ4v) is 4.54. The Kier molecular flexibility index (Phi) is 3.89. The van der Waals surface area contributed by atoms with Gasteiger partial charge in [0.1, 0.15) is 0 Å². The third kappa shape index (κ3) is 2.49. The zero-order valence-electron chi connectivity index (χ0n) is 12.5. The quantitative estimate of drug-likeness (QED) is 0.812. The fraction of sp³-hybridized carbons (Fsp3) is 0.222. The van der Waals surface area contributed by atoms with Crippen molar-refractivity contribution in [3.05, 3.63) is 78.4 Å². The predicted octanol–water partition coefficient (Wildman–Crippen LogP) is 3.34. The fourth-order valence-electron chi connectivity index (χ4n) is 2.87. The van der Waals surface area contributed by atoms with Gasteiger partial charge in [-0.25, -0.2) is 8.42 Å². The molecule has 0 amide bonds. The molecule has 0 bridgehead atoms. The molecule has 3 rings (SSSR count).